The zero-order valence-corrected chi connectivity index (χ0v) is 14.5. The Hall–Kier alpha value is -3.33. The third kappa shape index (κ3) is 3.77. The third-order valence-electron chi connectivity index (χ3n) is 4.92. The van der Waals surface area contributed by atoms with Crippen molar-refractivity contribution < 1.29 is 15.1 Å². The van der Waals surface area contributed by atoms with Crippen molar-refractivity contribution in [1.82, 2.24) is 5.32 Å². The first-order valence-corrected chi connectivity index (χ1v) is 8.36. The Kier molecular flexibility index (Phi) is 5.13. The number of oxime groups is 1. The van der Waals surface area contributed by atoms with Gasteiger partial charge < -0.3 is 10.5 Å². The molecule has 1 saturated heterocycles. The zero-order chi connectivity index (χ0) is 19.6. The van der Waals surface area contributed by atoms with Crippen molar-refractivity contribution in [3.05, 3.63) is 79.9 Å². The molecule has 0 saturated carbocycles. The van der Waals surface area contributed by atoms with Crippen molar-refractivity contribution in [2.75, 3.05) is 0 Å². The van der Waals surface area contributed by atoms with Gasteiger partial charge >= 0.3 is 0 Å². The molecule has 9 heteroatoms. The van der Waals surface area contributed by atoms with Crippen LogP contribution in [0.25, 0.3) is 0 Å². The van der Waals surface area contributed by atoms with Crippen LogP contribution >= 0.6 is 0 Å². The van der Waals surface area contributed by atoms with E-state index in [4.69, 9.17) is 0 Å². The maximum Gasteiger partial charge on any atom is 0.269 e. The van der Waals surface area contributed by atoms with Crippen molar-refractivity contribution in [2.24, 2.45) is 11.1 Å². The minimum atomic E-state index is -0.458. The molecule has 2 aromatic rings. The molecule has 0 spiro atoms. The predicted molar refractivity (Wildman–Crippen MR) is 97.8 cm³/mol. The number of hydrogen-bond acceptors (Lipinski definition) is 7. The Morgan fingerprint density at radius 2 is 1.44 bits per heavy atom. The van der Waals surface area contributed by atoms with Crippen LogP contribution in [-0.2, 0) is 0 Å². The van der Waals surface area contributed by atoms with Crippen molar-refractivity contribution >= 4 is 17.1 Å². The van der Waals surface area contributed by atoms with Gasteiger partial charge in [-0.05, 0) is 11.1 Å². The first-order chi connectivity index (χ1) is 12.9. The van der Waals surface area contributed by atoms with Crippen molar-refractivity contribution in [3.8, 4) is 0 Å². The summed E-state index contributed by atoms with van der Waals surface area (Å²) in [6.07, 6.45) is 0.457. The lowest BCUT2D eigenvalue weighted by Gasteiger charge is -2.37. The number of hydrogen-bond donors (Lipinski definition) is 2. The van der Waals surface area contributed by atoms with E-state index < -0.39 is 9.85 Å². The Labute approximate surface area is 154 Å². The average Bonchev–Trinajstić information content (AvgIpc) is 2.68. The summed E-state index contributed by atoms with van der Waals surface area (Å²) in [6, 6.07) is 12.0. The summed E-state index contributed by atoms with van der Waals surface area (Å²) in [5.41, 5.74) is 2.28. The number of benzene rings is 2. The van der Waals surface area contributed by atoms with Gasteiger partial charge in [0.05, 0.1) is 15.6 Å². The number of nitrogens with one attached hydrogen (secondary N) is 1. The van der Waals surface area contributed by atoms with Crippen LogP contribution in [0.5, 0.6) is 0 Å². The van der Waals surface area contributed by atoms with Crippen LogP contribution in [0.3, 0.4) is 0 Å². The van der Waals surface area contributed by atoms with Crippen LogP contribution < -0.4 is 5.32 Å². The van der Waals surface area contributed by atoms with Crippen LogP contribution in [0.2, 0.25) is 0 Å². The summed E-state index contributed by atoms with van der Waals surface area (Å²) in [4.78, 5) is 20.8. The van der Waals surface area contributed by atoms with Crippen molar-refractivity contribution in [1.29, 1.82) is 0 Å². The second-order valence-corrected chi connectivity index (χ2v) is 6.48. The summed E-state index contributed by atoms with van der Waals surface area (Å²) in [5.74, 6) is -0.120. The molecule has 0 amide bonds. The standard InChI is InChI=1S/C18H18N4O5/c1-11-16(20-23)10-17(12-2-6-14(7-3-12)21(24)25)19-18(11)13-4-8-15(9-5-13)22(26)27/h2-9,11,17-19,23H,10H2,1H3/b20-16-/t11-,17-,18-/m1/s1. The molecule has 9 nitrogen and oxygen atoms in total. The van der Waals surface area contributed by atoms with E-state index >= 15 is 0 Å². The first-order valence-electron chi connectivity index (χ1n) is 8.36. The number of rotatable bonds is 4. The van der Waals surface area contributed by atoms with E-state index in [0.717, 1.165) is 11.1 Å². The minimum absolute atomic E-state index is 0.00480. The first kappa shape index (κ1) is 18.5. The Bertz CT molecular complexity index is 880. The van der Waals surface area contributed by atoms with Gasteiger partial charge in [0.15, 0.2) is 0 Å². The molecule has 0 aliphatic carbocycles. The number of nitro benzene ring substituents is 2. The fraction of sp³-hybridized carbons (Fsp3) is 0.278. The van der Waals surface area contributed by atoms with Crippen LogP contribution in [0.4, 0.5) is 11.4 Å². The lowest BCUT2D eigenvalue weighted by molar-refractivity contribution is -0.385. The highest BCUT2D eigenvalue weighted by atomic mass is 16.6. The molecule has 1 heterocycles. The molecule has 27 heavy (non-hydrogen) atoms. The molecule has 0 radical (unpaired) electrons. The molecular formula is C18H18N4O5. The summed E-state index contributed by atoms with van der Waals surface area (Å²) in [5, 5.41) is 38.0. The van der Waals surface area contributed by atoms with Gasteiger partial charge in [-0.2, -0.15) is 0 Å². The van der Waals surface area contributed by atoms with Gasteiger partial charge in [0, 0.05) is 48.7 Å². The number of piperidine rings is 1. The van der Waals surface area contributed by atoms with Gasteiger partial charge in [-0.25, -0.2) is 0 Å². The van der Waals surface area contributed by atoms with Gasteiger partial charge in [-0.15, -0.1) is 0 Å². The maximum atomic E-state index is 10.9. The molecule has 1 aliphatic rings. The van der Waals surface area contributed by atoms with Crippen molar-refractivity contribution in [2.45, 2.75) is 25.4 Å². The fourth-order valence-electron chi connectivity index (χ4n) is 3.37. The van der Waals surface area contributed by atoms with E-state index in [9.17, 15) is 25.4 Å². The summed E-state index contributed by atoms with van der Waals surface area (Å²) in [7, 11) is 0. The van der Waals surface area contributed by atoms with Gasteiger partial charge in [0.25, 0.3) is 11.4 Å². The minimum Gasteiger partial charge on any atom is -0.411 e. The molecule has 140 valence electrons. The largest absolute Gasteiger partial charge is 0.411 e. The van der Waals surface area contributed by atoms with E-state index in [1.807, 2.05) is 6.92 Å². The number of nitrogens with zero attached hydrogens (tertiary/aromatic N) is 3. The third-order valence-corrected chi connectivity index (χ3v) is 4.92. The summed E-state index contributed by atoms with van der Waals surface area (Å²) < 4.78 is 0. The van der Waals surface area contributed by atoms with Crippen LogP contribution in [-0.4, -0.2) is 20.8 Å². The average molecular weight is 370 g/mol. The van der Waals surface area contributed by atoms with E-state index in [1.54, 1.807) is 24.3 Å². The smallest absolute Gasteiger partial charge is 0.269 e. The van der Waals surface area contributed by atoms with Crippen LogP contribution in [0.1, 0.15) is 36.6 Å². The molecule has 0 unspecified atom stereocenters. The topological polar surface area (TPSA) is 131 Å². The van der Waals surface area contributed by atoms with Gasteiger partial charge in [0.2, 0.25) is 0 Å². The molecule has 0 aromatic heterocycles. The van der Waals surface area contributed by atoms with Crippen molar-refractivity contribution in [3.63, 3.8) is 0 Å². The second-order valence-electron chi connectivity index (χ2n) is 6.48. The Balaban J connectivity index is 1.89. The highest BCUT2D eigenvalue weighted by Crippen LogP contribution is 2.36. The lowest BCUT2D eigenvalue weighted by Crippen LogP contribution is -2.41. The molecule has 3 rings (SSSR count). The fourth-order valence-corrected chi connectivity index (χ4v) is 3.37. The Morgan fingerprint density at radius 3 is 1.89 bits per heavy atom. The summed E-state index contributed by atoms with van der Waals surface area (Å²) in [6.45, 7) is 1.92. The molecule has 1 aliphatic heterocycles. The summed E-state index contributed by atoms with van der Waals surface area (Å²) >= 11 is 0. The van der Waals surface area contributed by atoms with E-state index in [1.165, 1.54) is 24.3 Å². The highest BCUT2D eigenvalue weighted by Gasteiger charge is 2.34. The molecular weight excluding hydrogens is 352 g/mol. The number of nitro groups is 2. The Morgan fingerprint density at radius 1 is 0.963 bits per heavy atom. The van der Waals surface area contributed by atoms with Gasteiger partial charge in [-0.3, -0.25) is 20.2 Å². The van der Waals surface area contributed by atoms with Gasteiger partial charge in [0.1, 0.15) is 0 Å². The molecule has 2 N–H and O–H groups in total. The van der Waals surface area contributed by atoms with Crippen LogP contribution in [0, 0.1) is 26.1 Å². The molecule has 0 bridgehead atoms. The SMILES string of the molecule is C[C@@H]1/C(=N\O)C[C@H](c2ccc([N+](=O)[O-])cc2)N[C@H]1c1ccc([N+](=O)[O-])cc1. The quantitative estimate of drug-likeness (QED) is 0.479. The second kappa shape index (κ2) is 7.50. The number of non-ortho nitro benzene ring substituents is 2. The van der Waals surface area contributed by atoms with E-state index in [0.29, 0.717) is 12.1 Å². The lowest BCUT2D eigenvalue weighted by atomic mass is 9.81. The maximum absolute atomic E-state index is 10.9. The van der Waals surface area contributed by atoms with E-state index in [2.05, 4.69) is 10.5 Å². The van der Waals surface area contributed by atoms with E-state index in [-0.39, 0.29) is 29.4 Å². The normalized spacial score (nSPS) is 23.9. The zero-order valence-electron chi connectivity index (χ0n) is 14.5. The van der Waals surface area contributed by atoms with Crippen LogP contribution in [0.15, 0.2) is 53.7 Å². The molecule has 2 aromatic carbocycles. The molecule has 3 atom stereocenters. The monoisotopic (exact) mass is 370 g/mol. The highest BCUT2D eigenvalue weighted by molar-refractivity contribution is 5.88. The molecule has 1 fully saturated rings. The van der Waals surface area contributed by atoms with Gasteiger partial charge in [-0.1, -0.05) is 36.3 Å². The predicted octanol–water partition coefficient (Wildman–Crippen LogP) is 3.75.